The molecule has 72 valence electrons. The summed E-state index contributed by atoms with van der Waals surface area (Å²) in [4.78, 5) is 0. The first-order valence-electron chi connectivity index (χ1n) is 3.94. The zero-order valence-electron chi connectivity index (χ0n) is 7.46. The number of anilines is 1. The van der Waals surface area contributed by atoms with Crippen LogP contribution in [0.1, 0.15) is 11.6 Å². The quantitative estimate of drug-likeness (QED) is 0.690. The summed E-state index contributed by atoms with van der Waals surface area (Å²) in [5.41, 5.74) is 12.2. The van der Waals surface area contributed by atoms with E-state index in [0.717, 1.165) is 0 Å². The number of benzene rings is 1. The molecule has 0 aromatic heterocycles. The van der Waals surface area contributed by atoms with Crippen molar-refractivity contribution >= 4 is 5.69 Å². The van der Waals surface area contributed by atoms with Gasteiger partial charge in [0.25, 0.3) is 0 Å². The van der Waals surface area contributed by atoms with Gasteiger partial charge in [-0.05, 0) is 23.8 Å². The minimum absolute atomic E-state index is 0.331. The molecule has 3 nitrogen and oxygen atoms in total. The Morgan fingerprint density at radius 1 is 1.46 bits per heavy atom. The molecule has 4 N–H and O–H groups in total. The molecule has 0 amide bonds. The van der Waals surface area contributed by atoms with Gasteiger partial charge in [-0.15, -0.1) is 0 Å². The highest BCUT2D eigenvalue weighted by Gasteiger charge is 2.07. The number of halogens is 1. The van der Waals surface area contributed by atoms with Gasteiger partial charge in [-0.3, -0.25) is 0 Å². The molecule has 1 aromatic rings. The molecule has 0 aliphatic heterocycles. The van der Waals surface area contributed by atoms with Crippen LogP contribution < -0.4 is 11.5 Å². The van der Waals surface area contributed by atoms with Crippen molar-refractivity contribution in [2.24, 2.45) is 5.73 Å². The lowest BCUT2D eigenvalue weighted by atomic mass is 10.1. The molecule has 13 heavy (non-hydrogen) atoms. The predicted octanol–water partition coefficient (Wildman–Crippen LogP) is 1.05. The molecule has 0 saturated heterocycles. The highest BCUT2D eigenvalue weighted by molar-refractivity contribution is 5.42. The molecule has 0 heterocycles. The van der Waals surface area contributed by atoms with Crippen molar-refractivity contribution in [3.8, 4) is 0 Å². The van der Waals surface area contributed by atoms with Crippen molar-refractivity contribution < 1.29 is 9.13 Å². The number of rotatable bonds is 3. The Morgan fingerprint density at radius 2 is 2.15 bits per heavy atom. The molecule has 1 rings (SSSR count). The van der Waals surface area contributed by atoms with Crippen LogP contribution in [0.2, 0.25) is 0 Å². The van der Waals surface area contributed by atoms with Gasteiger partial charge >= 0.3 is 0 Å². The van der Waals surface area contributed by atoms with E-state index >= 15 is 0 Å². The van der Waals surface area contributed by atoms with Gasteiger partial charge in [0, 0.05) is 12.8 Å². The summed E-state index contributed by atoms with van der Waals surface area (Å²) >= 11 is 0. The molecule has 0 aliphatic carbocycles. The van der Waals surface area contributed by atoms with Crippen molar-refractivity contribution in [2.75, 3.05) is 19.5 Å². The first-order valence-corrected chi connectivity index (χ1v) is 3.94. The molecule has 0 saturated carbocycles. The number of methoxy groups -OCH3 is 1. The first-order chi connectivity index (χ1) is 6.13. The van der Waals surface area contributed by atoms with Crippen LogP contribution in [0, 0.1) is 5.82 Å². The fraction of sp³-hybridized carbons (Fsp3) is 0.333. The second kappa shape index (κ2) is 4.20. The van der Waals surface area contributed by atoms with Crippen molar-refractivity contribution in [2.45, 2.75) is 6.04 Å². The molecule has 1 unspecified atom stereocenters. The van der Waals surface area contributed by atoms with E-state index in [9.17, 15) is 4.39 Å². The molecule has 0 spiro atoms. The lowest BCUT2D eigenvalue weighted by Gasteiger charge is -2.11. The number of hydrogen-bond donors (Lipinski definition) is 2. The Labute approximate surface area is 76.5 Å². The Kier molecular flexibility index (Phi) is 3.22. The van der Waals surface area contributed by atoms with E-state index in [4.69, 9.17) is 16.2 Å². The van der Waals surface area contributed by atoms with Gasteiger partial charge in [-0.1, -0.05) is 0 Å². The van der Waals surface area contributed by atoms with Gasteiger partial charge in [0.2, 0.25) is 0 Å². The summed E-state index contributed by atoms with van der Waals surface area (Å²) in [6.45, 7) is 0.350. The fourth-order valence-corrected chi connectivity index (χ4v) is 1.13. The number of hydrogen-bond acceptors (Lipinski definition) is 3. The van der Waals surface area contributed by atoms with Crippen LogP contribution in [0.15, 0.2) is 18.2 Å². The molecule has 0 radical (unpaired) electrons. The van der Waals surface area contributed by atoms with Crippen LogP contribution in [0.25, 0.3) is 0 Å². The lowest BCUT2D eigenvalue weighted by molar-refractivity contribution is 0.181. The minimum atomic E-state index is -0.374. The van der Waals surface area contributed by atoms with E-state index in [1.165, 1.54) is 12.1 Å². The van der Waals surface area contributed by atoms with E-state index in [0.29, 0.717) is 17.9 Å². The van der Waals surface area contributed by atoms with E-state index in [-0.39, 0.29) is 11.9 Å². The second-order valence-corrected chi connectivity index (χ2v) is 2.88. The van der Waals surface area contributed by atoms with Gasteiger partial charge in [0.15, 0.2) is 0 Å². The average molecular weight is 184 g/mol. The van der Waals surface area contributed by atoms with E-state index in [2.05, 4.69) is 0 Å². The Balaban J connectivity index is 2.87. The highest BCUT2D eigenvalue weighted by Crippen LogP contribution is 2.16. The van der Waals surface area contributed by atoms with Crippen LogP contribution in [0.3, 0.4) is 0 Å². The molecule has 4 heteroatoms. The van der Waals surface area contributed by atoms with Crippen LogP contribution in [0.5, 0.6) is 0 Å². The summed E-state index contributed by atoms with van der Waals surface area (Å²) < 4.78 is 17.7. The van der Waals surface area contributed by atoms with Crippen LogP contribution in [0.4, 0.5) is 10.1 Å². The smallest absolute Gasteiger partial charge is 0.125 e. The Bertz CT molecular complexity index is 271. The van der Waals surface area contributed by atoms with Crippen molar-refractivity contribution in [1.82, 2.24) is 0 Å². The van der Waals surface area contributed by atoms with Crippen molar-refractivity contribution in [1.29, 1.82) is 0 Å². The predicted molar refractivity (Wildman–Crippen MR) is 49.6 cm³/mol. The van der Waals surface area contributed by atoms with E-state index in [1.54, 1.807) is 13.2 Å². The van der Waals surface area contributed by atoms with Gasteiger partial charge in [-0.25, -0.2) is 4.39 Å². The summed E-state index contributed by atoms with van der Waals surface area (Å²) in [5.74, 6) is -0.374. The van der Waals surface area contributed by atoms with E-state index in [1.807, 2.05) is 0 Å². The number of ether oxygens (including phenoxy) is 1. The fourth-order valence-electron chi connectivity index (χ4n) is 1.13. The summed E-state index contributed by atoms with van der Waals surface area (Å²) in [6, 6.07) is 3.93. The minimum Gasteiger partial charge on any atom is -0.399 e. The SMILES string of the molecule is COCC(N)c1cc(N)cc(F)c1. The molecule has 0 aliphatic rings. The molecule has 1 atom stereocenters. The van der Waals surface area contributed by atoms with Gasteiger partial charge in [0.1, 0.15) is 5.82 Å². The molecule has 1 aromatic carbocycles. The highest BCUT2D eigenvalue weighted by atomic mass is 19.1. The Morgan fingerprint density at radius 3 is 2.69 bits per heavy atom. The van der Waals surface area contributed by atoms with Gasteiger partial charge < -0.3 is 16.2 Å². The Hall–Kier alpha value is -1.13. The molecular formula is C9H13FN2O. The zero-order valence-corrected chi connectivity index (χ0v) is 7.46. The maximum absolute atomic E-state index is 12.9. The molecular weight excluding hydrogens is 171 g/mol. The van der Waals surface area contributed by atoms with Crippen LogP contribution in [-0.4, -0.2) is 13.7 Å². The third kappa shape index (κ3) is 2.68. The van der Waals surface area contributed by atoms with Gasteiger partial charge in [-0.2, -0.15) is 0 Å². The van der Waals surface area contributed by atoms with Crippen molar-refractivity contribution in [3.05, 3.63) is 29.6 Å². The topological polar surface area (TPSA) is 61.3 Å². The van der Waals surface area contributed by atoms with Crippen LogP contribution in [-0.2, 0) is 4.74 Å². The monoisotopic (exact) mass is 184 g/mol. The van der Waals surface area contributed by atoms with Crippen molar-refractivity contribution in [3.63, 3.8) is 0 Å². The summed E-state index contributed by atoms with van der Waals surface area (Å²) in [5, 5.41) is 0. The number of nitrogens with two attached hydrogens (primary N) is 2. The normalized spacial score (nSPS) is 12.8. The summed E-state index contributed by atoms with van der Waals surface area (Å²) in [7, 11) is 1.54. The maximum Gasteiger partial charge on any atom is 0.125 e. The second-order valence-electron chi connectivity index (χ2n) is 2.88. The average Bonchev–Trinajstić information content (AvgIpc) is 2.03. The van der Waals surface area contributed by atoms with Gasteiger partial charge in [0.05, 0.1) is 12.6 Å². The zero-order chi connectivity index (χ0) is 9.84. The largest absolute Gasteiger partial charge is 0.399 e. The molecule has 0 bridgehead atoms. The number of nitrogen functional groups attached to an aromatic ring is 1. The lowest BCUT2D eigenvalue weighted by Crippen LogP contribution is -2.16. The summed E-state index contributed by atoms with van der Waals surface area (Å²) in [6.07, 6.45) is 0. The first kappa shape index (κ1) is 9.95. The van der Waals surface area contributed by atoms with E-state index < -0.39 is 0 Å². The third-order valence-corrected chi connectivity index (χ3v) is 1.72. The van der Waals surface area contributed by atoms with Crippen LogP contribution >= 0.6 is 0 Å². The third-order valence-electron chi connectivity index (χ3n) is 1.72. The molecule has 0 fully saturated rings. The standard InChI is InChI=1S/C9H13FN2O/c1-13-5-9(12)6-2-7(10)4-8(11)3-6/h2-4,9H,5,11-12H2,1H3. The maximum atomic E-state index is 12.9.